The number of aliphatic hydroxyl groups is 1. The smallest absolute Gasteiger partial charge is 0.264 e. The number of ether oxygens (including phenoxy) is 1. The van der Waals surface area contributed by atoms with E-state index in [4.69, 9.17) is 16.3 Å². The van der Waals surface area contributed by atoms with Gasteiger partial charge in [0.25, 0.3) is 5.91 Å². The van der Waals surface area contributed by atoms with Crippen molar-refractivity contribution >= 4 is 33.2 Å². The molecule has 5 atom stereocenters. The maximum absolute atomic E-state index is 13.6. The normalized spacial score (nSPS) is 30.8. The zero-order valence-electron chi connectivity index (χ0n) is 24.2. The molecule has 2 aromatic carbocycles. The minimum Gasteiger partial charge on any atom is -0.487 e. The fraction of sp³-hybridized carbons (Fsp3) is 0.545. The molecule has 6 rings (SSSR count). The van der Waals surface area contributed by atoms with Crippen LogP contribution in [0.15, 0.2) is 48.6 Å². The van der Waals surface area contributed by atoms with Crippen molar-refractivity contribution in [3.05, 3.63) is 70.3 Å². The number of anilines is 1. The first kappa shape index (κ1) is 29.5. The van der Waals surface area contributed by atoms with Crippen LogP contribution in [0.2, 0.25) is 5.02 Å². The van der Waals surface area contributed by atoms with E-state index < -0.39 is 27.3 Å². The minimum absolute atomic E-state index is 0.0487. The molecule has 2 aliphatic heterocycles. The number of fused-ring (bicyclic) bond motifs is 3. The van der Waals surface area contributed by atoms with Crippen LogP contribution in [0.4, 0.5) is 5.69 Å². The molecule has 2 N–H and O–H groups in total. The fourth-order valence-electron chi connectivity index (χ4n) is 7.05. The number of aliphatic hydroxyl groups excluding tert-OH is 1. The quantitative estimate of drug-likeness (QED) is 0.390. The summed E-state index contributed by atoms with van der Waals surface area (Å²) in [6, 6.07) is 11.1. The van der Waals surface area contributed by atoms with Crippen molar-refractivity contribution in [2.24, 2.45) is 23.7 Å². The Kier molecular flexibility index (Phi) is 8.58. The number of hydrogen-bond acceptors (Lipinski definition) is 6. The molecule has 2 aliphatic carbocycles. The lowest BCUT2D eigenvalue weighted by atomic mass is 9.70. The largest absolute Gasteiger partial charge is 0.487 e. The van der Waals surface area contributed by atoms with Crippen LogP contribution in [0, 0.1) is 23.7 Å². The number of aryl methyl sites for hydroxylation is 1. The van der Waals surface area contributed by atoms with Crippen molar-refractivity contribution in [1.29, 1.82) is 0 Å². The summed E-state index contributed by atoms with van der Waals surface area (Å²) in [6.07, 6.45) is 10.3. The number of carbonyl (C=O) groups excluding carboxylic acids is 1. The number of benzene rings is 2. The highest BCUT2D eigenvalue weighted by Crippen LogP contribution is 2.42. The summed E-state index contributed by atoms with van der Waals surface area (Å²) in [5, 5.41) is 11.2. The molecule has 2 fully saturated rings. The number of sulfonamides is 1. The van der Waals surface area contributed by atoms with E-state index in [9.17, 15) is 18.3 Å². The number of amides is 1. The first-order chi connectivity index (χ1) is 20.2. The lowest BCUT2D eigenvalue weighted by Crippen LogP contribution is -2.44. The molecular weight excluding hydrogens is 572 g/mol. The third-order valence-corrected chi connectivity index (χ3v) is 12.0. The van der Waals surface area contributed by atoms with Gasteiger partial charge in [0.05, 0.1) is 17.0 Å². The summed E-state index contributed by atoms with van der Waals surface area (Å²) >= 11 is 6.31. The highest BCUT2D eigenvalue weighted by atomic mass is 35.5. The Morgan fingerprint density at radius 1 is 1.02 bits per heavy atom. The molecule has 2 heterocycles. The highest BCUT2D eigenvalue weighted by Gasteiger charge is 2.44. The summed E-state index contributed by atoms with van der Waals surface area (Å²) in [6.45, 7) is 3.78. The maximum atomic E-state index is 13.6. The number of nitrogens with one attached hydrogen (secondary N) is 1. The SMILES string of the molecule is C[C@H]1C/C=C/[C@H](O)[C@@H]2CC[C@H]2CN2CCCCc3cc(Cl)ccc3COc3ccc(cc32)C(=O)NS(=O)(=O)[C@@H]1C1CC1. The van der Waals surface area contributed by atoms with Gasteiger partial charge >= 0.3 is 0 Å². The first-order valence-electron chi connectivity index (χ1n) is 15.4. The van der Waals surface area contributed by atoms with Crippen LogP contribution in [-0.4, -0.2) is 43.9 Å². The monoisotopic (exact) mass is 612 g/mol. The van der Waals surface area contributed by atoms with Gasteiger partial charge in [0.2, 0.25) is 10.0 Å². The van der Waals surface area contributed by atoms with E-state index in [-0.39, 0.29) is 17.8 Å². The Hall–Kier alpha value is -2.55. The minimum atomic E-state index is -3.91. The molecular formula is C33H41ClN2O5S. The van der Waals surface area contributed by atoms with Crippen LogP contribution in [0.3, 0.4) is 0 Å². The molecule has 2 bridgehead atoms. The van der Waals surface area contributed by atoms with E-state index >= 15 is 0 Å². The standard InChI is InChI=1S/C33H41ClN2O5S/c1-21-5-4-7-30(37)28-14-11-25(28)19-36-16-3-2-6-23-17-27(34)13-10-26(23)20-41-31-15-12-24(18-29(31)36)33(38)35-42(39,40)32(21)22-8-9-22/h4,7,10,12-13,15,17-18,21-22,25,28,30,32,37H,2-3,5-6,8-9,11,14,16,19-20H2,1H3,(H,35,38)/b7-4+/t21-,25-,28+,30-,32-/m0/s1. The zero-order valence-corrected chi connectivity index (χ0v) is 25.7. The van der Waals surface area contributed by atoms with Crippen molar-refractivity contribution in [3.63, 3.8) is 0 Å². The van der Waals surface area contributed by atoms with Gasteiger partial charge in [-0.05, 0) is 116 Å². The number of nitrogens with zero attached hydrogens (tertiary/aromatic N) is 1. The Morgan fingerprint density at radius 2 is 1.83 bits per heavy atom. The zero-order chi connectivity index (χ0) is 29.4. The molecule has 7 nitrogen and oxygen atoms in total. The molecule has 0 radical (unpaired) electrons. The molecule has 1 amide bonds. The van der Waals surface area contributed by atoms with Gasteiger partial charge in [0.15, 0.2) is 0 Å². The van der Waals surface area contributed by atoms with Crippen molar-refractivity contribution in [2.45, 2.75) is 76.3 Å². The summed E-state index contributed by atoms with van der Waals surface area (Å²) in [5.74, 6) is 0.371. The molecule has 226 valence electrons. The fourth-order valence-corrected chi connectivity index (χ4v) is 9.26. The maximum Gasteiger partial charge on any atom is 0.264 e. The second-order valence-electron chi connectivity index (χ2n) is 12.7. The number of hydrogen-bond donors (Lipinski definition) is 2. The summed E-state index contributed by atoms with van der Waals surface area (Å²) in [5.41, 5.74) is 3.34. The van der Waals surface area contributed by atoms with Crippen molar-refractivity contribution in [3.8, 4) is 5.75 Å². The third-order valence-electron chi connectivity index (χ3n) is 9.69. The van der Waals surface area contributed by atoms with E-state index in [2.05, 4.69) is 9.62 Å². The highest BCUT2D eigenvalue weighted by molar-refractivity contribution is 7.90. The Bertz CT molecular complexity index is 1460. The molecule has 0 spiro atoms. The Morgan fingerprint density at radius 3 is 2.60 bits per heavy atom. The van der Waals surface area contributed by atoms with Gasteiger partial charge in [-0.15, -0.1) is 0 Å². The average molecular weight is 613 g/mol. The van der Waals surface area contributed by atoms with E-state index in [0.717, 1.165) is 69.3 Å². The lowest BCUT2D eigenvalue weighted by Gasteiger charge is -2.42. The molecule has 4 aliphatic rings. The third kappa shape index (κ3) is 6.36. The average Bonchev–Trinajstić information content (AvgIpc) is 3.75. The van der Waals surface area contributed by atoms with Gasteiger partial charge in [0, 0.05) is 23.7 Å². The molecule has 42 heavy (non-hydrogen) atoms. The molecule has 2 saturated carbocycles. The number of halogens is 1. The number of allylic oxidation sites excluding steroid dienone is 1. The van der Waals surface area contributed by atoms with Crippen molar-refractivity contribution in [1.82, 2.24) is 4.72 Å². The first-order valence-corrected chi connectivity index (χ1v) is 17.3. The van der Waals surface area contributed by atoms with Gasteiger partial charge in [-0.1, -0.05) is 36.7 Å². The van der Waals surface area contributed by atoms with Crippen LogP contribution >= 0.6 is 11.6 Å². The predicted octanol–water partition coefficient (Wildman–Crippen LogP) is 5.88. The van der Waals surface area contributed by atoms with Gasteiger partial charge in [0.1, 0.15) is 12.4 Å². The van der Waals surface area contributed by atoms with E-state index in [1.807, 2.05) is 37.3 Å². The van der Waals surface area contributed by atoms with Crippen LogP contribution < -0.4 is 14.4 Å². The predicted molar refractivity (Wildman–Crippen MR) is 165 cm³/mol. The Labute approximate surface area is 254 Å². The molecule has 0 aromatic heterocycles. The van der Waals surface area contributed by atoms with Gasteiger partial charge < -0.3 is 14.7 Å². The van der Waals surface area contributed by atoms with Crippen LogP contribution in [-0.2, 0) is 23.1 Å². The van der Waals surface area contributed by atoms with Gasteiger partial charge in [-0.25, -0.2) is 13.1 Å². The number of carbonyl (C=O) groups is 1. The van der Waals surface area contributed by atoms with Gasteiger partial charge in [-0.2, -0.15) is 0 Å². The second-order valence-corrected chi connectivity index (χ2v) is 15.0. The summed E-state index contributed by atoms with van der Waals surface area (Å²) in [7, 11) is -3.91. The Balaban J connectivity index is 1.38. The topological polar surface area (TPSA) is 95.9 Å². The number of rotatable bonds is 1. The molecule has 2 aromatic rings. The van der Waals surface area contributed by atoms with E-state index in [1.165, 1.54) is 5.56 Å². The summed E-state index contributed by atoms with van der Waals surface area (Å²) < 4.78 is 36.0. The van der Waals surface area contributed by atoms with E-state index in [1.54, 1.807) is 18.2 Å². The van der Waals surface area contributed by atoms with Crippen molar-refractivity contribution < 1.29 is 23.1 Å². The van der Waals surface area contributed by atoms with Crippen molar-refractivity contribution in [2.75, 3.05) is 18.0 Å². The van der Waals surface area contributed by atoms with Crippen LogP contribution in [0.1, 0.15) is 73.4 Å². The molecule has 9 heteroatoms. The molecule has 0 saturated heterocycles. The second kappa shape index (κ2) is 12.2. The van der Waals surface area contributed by atoms with E-state index in [0.29, 0.717) is 35.3 Å². The van der Waals surface area contributed by atoms with Crippen LogP contribution in [0.25, 0.3) is 0 Å². The lowest BCUT2D eigenvalue weighted by molar-refractivity contribution is 0.0461. The summed E-state index contributed by atoms with van der Waals surface area (Å²) in [4.78, 5) is 15.8. The van der Waals surface area contributed by atoms with Gasteiger partial charge in [-0.3, -0.25) is 4.79 Å². The van der Waals surface area contributed by atoms with Crippen LogP contribution in [0.5, 0.6) is 5.75 Å². The molecule has 0 unspecified atom stereocenters.